The maximum Gasteiger partial charge on any atom is 0.371 e. The number of anilines is 1. The number of carboxylic acid groups (broad SMARTS) is 1. The van der Waals surface area contributed by atoms with Crippen molar-refractivity contribution >= 4 is 21.8 Å². The molecule has 2 N–H and O–H groups in total. The standard InChI is InChI=1S/C10H11N3O5S/c1-6-5-8(13(2)11-6)12-19(16,17)9-4-3-7(18-9)10(14)15/h3-5,12H,1-2H3,(H,14,15). The van der Waals surface area contributed by atoms with Crippen molar-refractivity contribution < 1.29 is 22.7 Å². The molecule has 2 aromatic rings. The Balaban J connectivity index is 2.32. The van der Waals surface area contributed by atoms with Gasteiger partial charge in [0, 0.05) is 13.1 Å². The lowest BCUT2D eigenvalue weighted by Gasteiger charge is -2.04. The van der Waals surface area contributed by atoms with E-state index in [1.165, 1.54) is 4.68 Å². The Morgan fingerprint density at radius 1 is 1.47 bits per heavy atom. The molecule has 102 valence electrons. The molecule has 0 fully saturated rings. The Kier molecular flexibility index (Phi) is 3.06. The van der Waals surface area contributed by atoms with Gasteiger partial charge in [-0.2, -0.15) is 13.5 Å². The summed E-state index contributed by atoms with van der Waals surface area (Å²) in [6.45, 7) is 1.72. The van der Waals surface area contributed by atoms with Crippen molar-refractivity contribution in [1.82, 2.24) is 9.78 Å². The molecule has 0 aliphatic heterocycles. The quantitative estimate of drug-likeness (QED) is 0.859. The summed E-state index contributed by atoms with van der Waals surface area (Å²) in [5, 5.41) is 12.2. The van der Waals surface area contributed by atoms with Gasteiger partial charge in [-0.15, -0.1) is 0 Å². The normalized spacial score (nSPS) is 11.5. The molecular formula is C10H11N3O5S. The highest BCUT2D eigenvalue weighted by atomic mass is 32.2. The summed E-state index contributed by atoms with van der Waals surface area (Å²) in [5.74, 6) is -1.52. The minimum atomic E-state index is -3.98. The summed E-state index contributed by atoms with van der Waals surface area (Å²) < 4.78 is 32.3. The Labute approximate surface area is 108 Å². The first-order chi connectivity index (χ1) is 8.79. The van der Waals surface area contributed by atoms with Gasteiger partial charge < -0.3 is 9.52 Å². The van der Waals surface area contributed by atoms with Crippen molar-refractivity contribution in [2.45, 2.75) is 12.0 Å². The first-order valence-corrected chi connectivity index (χ1v) is 6.64. The van der Waals surface area contributed by atoms with Crippen LogP contribution in [0, 0.1) is 6.92 Å². The zero-order valence-corrected chi connectivity index (χ0v) is 10.9. The molecule has 0 radical (unpaired) electrons. The Morgan fingerprint density at radius 3 is 2.63 bits per heavy atom. The van der Waals surface area contributed by atoms with Gasteiger partial charge in [-0.3, -0.25) is 9.40 Å². The van der Waals surface area contributed by atoms with Crippen LogP contribution in [0.3, 0.4) is 0 Å². The second-order valence-corrected chi connectivity index (χ2v) is 5.44. The van der Waals surface area contributed by atoms with Crippen LogP contribution in [0.15, 0.2) is 27.7 Å². The van der Waals surface area contributed by atoms with Crippen molar-refractivity contribution in [3.8, 4) is 0 Å². The number of nitrogens with zero attached hydrogens (tertiary/aromatic N) is 2. The van der Waals surface area contributed by atoms with Gasteiger partial charge in [0.1, 0.15) is 5.82 Å². The largest absolute Gasteiger partial charge is 0.475 e. The van der Waals surface area contributed by atoms with Gasteiger partial charge in [0.2, 0.25) is 10.9 Å². The fraction of sp³-hybridized carbons (Fsp3) is 0.200. The van der Waals surface area contributed by atoms with Crippen molar-refractivity contribution in [2.75, 3.05) is 4.72 Å². The molecule has 2 rings (SSSR count). The molecule has 0 aliphatic carbocycles. The fourth-order valence-electron chi connectivity index (χ4n) is 1.47. The highest BCUT2D eigenvalue weighted by molar-refractivity contribution is 7.92. The predicted molar refractivity (Wildman–Crippen MR) is 64.4 cm³/mol. The summed E-state index contributed by atoms with van der Waals surface area (Å²) in [4.78, 5) is 10.6. The topological polar surface area (TPSA) is 114 Å². The molecule has 2 heterocycles. The van der Waals surface area contributed by atoms with Crippen LogP contribution in [-0.4, -0.2) is 29.3 Å². The van der Waals surface area contributed by atoms with E-state index < -0.39 is 26.8 Å². The van der Waals surface area contributed by atoms with Gasteiger partial charge in [0.05, 0.1) is 5.69 Å². The molecular weight excluding hydrogens is 274 g/mol. The van der Waals surface area contributed by atoms with E-state index in [9.17, 15) is 13.2 Å². The molecule has 0 saturated carbocycles. The third kappa shape index (κ3) is 2.60. The van der Waals surface area contributed by atoms with E-state index in [2.05, 4.69) is 9.82 Å². The lowest BCUT2D eigenvalue weighted by Crippen LogP contribution is -2.14. The molecule has 19 heavy (non-hydrogen) atoms. The smallest absolute Gasteiger partial charge is 0.371 e. The summed E-state index contributed by atoms with van der Waals surface area (Å²) in [7, 11) is -2.40. The van der Waals surface area contributed by atoms with E-state index in [1.54, 1.807) is 20.0 Å². The first-order valence-electron chi connectivity index (χ1n) is 5.16. The minimum absolute atomic E-state index is 0.255. The zero-order valence-electron chi connectivity index (χ0n) is 10.1. The number of carbonyl (C=O) groups is 1. The van der Waals surface area contributed by atoms with E-state index in [4.69, 9.17) is 9.52 Å². The highest BCUT2D eigenvalue weighted by Crippen LogP contribution is 2.18. The van der Waals surface area contributed by atoms with E-state index in [1.807, 2.05) is 0 Å². The Hall–Kier alpha value is -2.29. The molecule has 2 aromatic heterocycles. The predicted octanol–water partition coefficient (Wildman–Crippen LogP) is 0.821. The lowest BCUT2D eigenvalue weighted by molar-refractivity contribution is 0.0656. The second kappa shape index (κ2) is 4.43. The highest BCUT2D eigenvalue weighted by Gasteiger charge is 2.22. The monoisotopic (exact) mass is 285 g/mol. The first kappa shape index (κ1) is 13.1. The molecule has 0 aliphatic rings. The number of furan rings is 1. The molecule has 9 heteroatoms. The third-order valence-corrected chi connectivity index (χ3v) is 3.52. The van der Waals surface area contributed by atoms with Crippen LogP contribution >= 0.6 is 0 Å². The third-order valence-electron chi connectivity index (χ3n) is 2.30. The van der Waals surface area contributed by atoms with E-state index in [0.717, 1.165) is 12.1 Å². The number of hydrogen-bond acceptors (Lipinski definition) is 5. The van der Waals surface area contributed by atoms with Crippen LogP contribution in [0.2, 0.25) is 0 Å². The minimum Gasteiger partial charge on any atom is -0.475 e. The zero-order chi connectivity index (χ0) is 14.2. The maximum atomic E-state index is 12.0. The average Bonchev–Trinajstić information content (AvgIpc) is 2.86. The molecule has 8 nitrogen and oxygen atoms in total. The maximum absolute atomic E-state index is 12.0. The Bertz CT molecular complexity index is 728. The van der Waals surface area contributed by atoms with Crippen LogP contribution in [0.25, 0.3) is 0 Å². The van der Waals surface area contributed by atoms with E-state index in [-0.39, 0.29) is 5.82 Å². The van der Waals surface area contributed by atoms with Gasteiger partial charge in [-0.1, -0.05) is 0 Å². The molecule has 0 spiro atoms. The average molecular weight is 285 g/mol. The van der Waals surface area contributed by atoms with Crippen molar-refractivity contribution in [3.63, 3.8) is 0 Å². The SMILES string of the molecule is Cc1cc(NS(=O)(=O)c2ccc(C(=O)O)o2)n(C)n1. The number of aromatic nitrogens is 2. The molecule has 0 atom stereocenters. The van der Waals surface area contributed by atoms with Crippen molar-refractivity contribution in [2.24, 2.45) is 7.05 Å². The van der Waals surface area contributed by atoms with E-state index >= 15 is 0 Å². The Morgan fingerprint density at radius 2 is 2.16 bits per heavy atom. The van der Waals surface area contributed by atoms with E-state index in [0.29, 0.717) is 5.69 Å². The lowest BCUT2D eigenvalue weighted by atomic mass is 10.5. The number of carboxylic acids is 1. The van der Waals surface area contributed by atoms with Gasteiger partial charge in [-0.25, -0.2) is 4.79 Å². The molecule has 0 aromatic carbocycles. The number of sulfonamides is 1. The molecule has 0 saturated heterocycles. The van der Waals surface area contributed by atoms with Crippen LogP contribution in [0.4, 0.5) is 5.82 Å². The molecule has 0 bridgehead atoms. The van der Waals surface area contributed by atoms with Crippen LogP contribution in [0.1, 0.15) is 16.2 Å². The van der Waals surface area contributed by atoms with Gasteiger partial charge in [0.15, 0.2) is 0 Å². The van der Waals surface area contributed by atoms with Gasteiger partial charge >= 0.3 is 5.97 Å². The van der Waals surface area contributed by atoms with Gasteiger partial charge in [-0.05, 0) is 19.1 Å². The molecule has 0 unspecified atom stereocenters. The summed E-state index contributed by atoms with van der Waals surface area (Å²) in [5.41, 5.74) is 0.644. The summed E-state index contributed by atoms with van der Waals surface area (Å²) in [6, 6.07) is 3.69. The van der Waals surface area contributed by atoms with Crippen molar-refractivity contribution in [3.05, 3.63) is 29.7 Å². The molecule has 0 amide bonds. The van der Waals surface area contributed by atoms with Crippen LogP contribution in [0.5, 0.6) is 0 Å². The number of nitrogens with one attached hydrogen (secondary N) is 1. The number of aryl methyl sites for hydroxylation is 2. The number of rotatable bonds is 4. The number of aromatic carboxylic acids is 1. The second-order valence-electron chi connectivity index (χ2n) is 3.82. The summed E-state index contributed by atoms with van der Waals surface area (Å²) in [6.07, 6.45) is 0. The van der Waals surface area contributed by atoms with Crippen molar-refractivity contribution in [1.29, 1.82) is 0 Å². The summed E-state index contributed by atoms with van der Waals surface area (Å²) >= 11 is 0. The van der Waals surface area contributed by atoms with Crippen LogP contribution in [-0.2, 0) is 17.1 Å². The number of hydrogen-bond donors (Lipinski definition) is 2. The fourth-order valence-corrected chi connectivity index (χ4v) is 2.49. The van der Waals surface area contributed by atoms with Gasteiger partial charge in [0.25, 0.3) is 10.0 Å². The van der Waals surface area contributed by atoms with Crippen LogP contribution < -0.4 is 4.72 Å².